The van der Waals surface area contributed by atoms with Crippen molar-refractivity contribution in [3.05, 3.63) is 0 Å². The van der Waals surface area contributed by atoms with Gasteiger partial charge in [-0.05, 0) is 0 Å². The number of carbonyl (C=O) groups excluding carboxylic acids is 2. The van der Waals surface area contributed by atoms with Crippen LogP contribution in [0.1, 0.15) is 6.42 Å². The van der Waals surface area contributed by atoms with Crippen molar-refractivity contribution in [2.24, 2.45) is 11.5 Å². The van der Waals surface area contributed by atoms with Crippen molar-refractivity contribution in [1.82, 2.24) is 4.90 Å². The minimum atomic E-state index is -1.17. The van der Waals surface area contributed by atoms with Crippen LogP contribution in [0.15, 0.2) is 0 Å². The summed E-state index contributed by atoms with van der Waals surface area (Å²) in [6, 6.07) is -1.14. The standard InChI is InChI=1S/C7H13N3O4/c1-10(3-5(9)11)7(14)4(8)2-6(12)13/h4H,2-3,8H2,1H3,(H2,9,11)(H,12,13). The first-order valence-corrected chi connectivity index (χ1v) is 3.85. The largest absolute Gasteiger partial charge is 0.481 e. The lowest BCUT2D eigenvalue weighted by Crippen LogP contribution is -2.45. The molecular weight excluding hydrogens is 190 g/mol. The number of likely N-dealkylation sites (N-methyl/N-ethyl adjacent to an activating group) is 1. The third-order valence-electron chi connectivity index (χ3n) is 1.48. The van der Waals surface area contributed by atoms with Crippen LogP contribution >= 0.6 is 0 Å². The van der Waals surface area contributed by atoms with Crippen LogP contribution in [0.5, 0.6) is 0 Å². The molecule has 7 heteroatoms. The van der Waals surface area contributed by atoms with Gasteiger partial charge >= 0.3 is 5.97 Å². The van der Waals surface area contributed by atoms with Crippen molar-refractivity contribution in [3.8, 4) is 0 Å². The Kier molecular flexibility index (Phi) is 4.57. The molecule has 0 aliphatic rings. The zero-order valence-electron chi connectivity index (χ0n) is 7.77. The van der Waals surface area contributed by atoms with Crippen LogP contribution in [0.3, 0.4) is 0 Å². The summed E-state index contributed by atoms with van der Waals surface area (Å²) in [7, 11) is 1.33. The molecule has 0 saturated heterocycles. The lowest BCUT2D eigenvalue weighted by atomic mass is 10.2. The Morgan fingerprint density at radius 1 is 1.43 bits per heavy atom. The quantitative estimate of drug-likeness (QED) is 0.464. The second-order valence-corrected chi connectivity index (χ2v) is 2.86. The van der Waals surface area contributed by atoms with Crippen molar-refractivity contribution < 1.29 is 19.5 Å². The van der Waals surface area contributed by atoms with E-state index in [1.807, 2.05) is 0 Å². The van der Waals surface area contributed by atoms with Crippen molar-refractivity contribution in [2.45, 2.75) is 12.5 Å². The van der Waals surface area contributed by atoms with Crippen LogP contribution in [0.25, 0.3) is 0 Å². The van der Waals surface area contributed by atoms with Gasteiger partial charge in [-0.15, -0.1) is 0 Å². The molecule has 0 aromatic rings. The number of hydrogen-bond acceptors (Lipinski definition) is 4. The van der Waals surface area contributed by atoms with Gasteiger partial charge in [-0.3, -0.25) is 14.4 Å². The molecule has 0 rings (SSSR count). The fourth-order valence-electron chi connectivity index (χ4n) is 0.870. The van der Waals surface area contributed by atoms with Crippen molar-refractivity contribution in [1.29, 1.82) is 0 Å². The Morgan fingerprint density at radius 2 is 1.93 bits per heavy atom. The maximum atomic E-state index is 11.2. The molecule has 80 valence electrons. The molecule has 0 radical (unpaired) electrons. The maximum absolute atomic E-state index is 11.2. The van der Waals surface area contributed by atoms with Crippen LogP contribution in [0.2, 0.25) is 0 Å². The van der Waals surface area contributed by atoms with Crippen molar-refractivity contribution in [2.75, 3.05) is 13.6 Å². The molecule has 0 fully saturated rings. The Morgan fingerprint density at radius 3 is 2.29 bits per heavy atom. The smallest absolute Gasteiger partial charge is 0.305 e. The van der Waals surface area contributed by atoms with Crippen LogP contribution in [-0.2, 0) is 14.4 Å². The van der Waals surface area contributed by atoms with Gasteiger partial charge in [0.2, 0.25) is 11.8 Å². The number of rotatable bonds is 5. The van der Waals surface area contributed by atoms with E-state index in [4.69, 9.17) is 16.6 Å². The van der Waals surface area contributed by atoms with Gasteiger partial charge in [0.15, 0.2) is 0 Å². The molecule has 0 heterocycles. The number of carboxylic acids is 1. The molecule has 14 heavy (non-hydrogen) atoms. The van der Waals surface area contributed by atoms with E-state index in [1.54, 1.807) is 0 Å². The van der Waals surface area contributed by atoms with Gasteiger partial charge in [0.1, 0.15) is 0 Å². The fraction of sp³-hybridized carbons (Fsp3) is 0.571. The van der Waals surface area contributed by atoms with Gasteiger partial charge in [0.05, 0.1) is 19.0 Å². The molecule has 7 nitrogen and oxygen atoms in total. The molecular formula is C7H13N3O4. The normalized spacial score (nSPS) is 11.9. The van der Waals surface area contributed by atoms with Crippen LogP contribution < -0.4 is 11.5 Å². The highest BCUT2D eigenvalue weighted by Gasteiger charge is 2.21. The number of hydrogen-bond donors (Lipinski definition) is 3. The van der Waals surface area contributed by atoms with Gasteiger partial charge < -0.3 is 21.5 Å². The number of carboxylic acid groups (broad SMARTS) is 1. The molecule has 1 unspecified atom stereocenters. The van der Waals surface area contributed by atoms with Gasteiger partial charge in [-0.2, -0.15) is 0 Å². The topological polar surface area (TPSA) is 127 Å². The molecule has 1 atom stereocenters. The highest BCUT2D eigenvalue weighted by Crippen LogP contribution is 1.94. The first kappa shape index (κ1) is 12.4. The minimum absolute atomic E-state index is 0.272. The van der Waals surface area contributed by atoms with Crippen LogP contribution in [0, 0.1) is 0 Å². The lowest BCUT2D eigenvalue weighted by Gasteiger charge is -2.18. The first-order valence-electron chi connectivity index (χ1n) is 3.85. The summed E-state index contributed by atoms with van der Waals surface area (Å²) in [4.78, 5) is 32.9. The Balaban J connectivity index is 4.16. The second kappa shape index (κ2) is 5.18. The average molecular weight is 203 g/mol. The molecule has 0 aromatic carbocycles. The zero-order valence-corrected chi connectivity index (χ0v) is 7.77. The summed E-state index contributed by atoms with van der Waals surface area (Å²) in [5.41, 5.74) is 10.1. The third kappa shape index (κ3) is 4.41. The number of nitrogens with two attached hydrogens (primary N) is 2. The molecule has 0 spiro atoms. The minimum Gasteiger partial charge on any atom is -0.481 e. The number of amides is 2. The monoisotopic (exact) mass is 203 g/mol. The summed E-state index contributed by atoms with van der Waals surface area (Å²) in [5, 5.41) is 8.35. The van der Waals surface area contributed by atoms with E-state index in [0.717, 1.165) is 4.90 Å². The van der Waals surface area contributed by atoms with Crippen molar-refractivity contribution >= 4 is 17.8 Å². The van der Waals surface area contributed by atoms with Crippen molar-refractivity contribution in [3.63, 3.8) is 0 Å². The molecule has 5 N–H and O–H groups in total. The Bertz CT molecular complexity index is 229. The summed E-state index contributed by atoms with van der Waals surface area (Å²) >= 11 is 0. The maximum Gasteiger partial charge on any atom is 0.305 e. The molecule has 0 bridgehead atoms. The van der Waals surface area contributed by atoms with E-state index in [9.17, 15) is 14.4 Å². The van der Waals surface area contributed by atoms with E-state index in [0.29, 0.717) is 0 Å². The Labute approximate surface area is 80.6 Å². The van der Waals surface area contributed by atoms with Gasteiger partial charge in [0.25, 0.3) is 0 Å². The molecule has 2 amide bonds. The molecule has 0 aromatic heterocycles. The summed E-state index contributed by atoms with van der Waals surface area (Å²) in [6.45, 7) is -0.272. The fourth-order valence-corrected chi connectivity index (χ4v) is 0.870. The first-order chi connectivity index (χ1) is 6.34. The van der Waals surface area contributed by atoms with Gasteiger partial charge in [-0.25, -0.2) is 0 Å². The van der Waals surface area contributed by atoms with Crippen LogP contribution in [-0.4, -0.2) is 47.4 Å². The lowest BCUT2D eigenvalue weighted by molar-refractivity contribution is -0.142. The second-order valence-electron chi connectivity index (χ2n) is 2.86. The summed E-state index contributed by atoms with van der Waals surface area (Å²) < 4.78 is 0. The average Bonchev–Trinajstić information content (AvgIpc) is 2.00. The molecule has 0 aliphatic heterocycles. The van der Waals surface area contributed by atoms with Crippen LogP contribution in [0.4, 0.5) is 0 Å². The highest BCUT2D eigenvalue weighted by molar-refractivity contribution is 5.89. The number of aliphatic carboxylic acids is 1. The number of carbonyl (C=O) groups is 3. The number of primary amides is 1. The molecule has 0 saturated carbocycles. The van der Waals surface area contributed by atoms with E-state index >= 15 is 0 Å². The predicted octanol–water partition coefficient (Wildman–Crippen LogP) is -2.27. The van der Waals surface area contributed by atoms with Gasteiger partial charge in [-0.1, -0.05) is 0 Å². The summed E-state index contributed by atoms with van der Waals surface area (Å²) in [6.07, 6.45) is -0.470. The van der Waals surface area contributed by atoms with E-state index in [1.165, 1.54) is 7.05 Å². The SMILES string of the molecule is CN(CC(N)=O)C(=O)C(N)CC(=O)O. The third-order valence-corrected chi connectivity index (χ3v) is 1.48. The highest BCUT2D eigenvalue weighted by atomic mass is 16.4. The Hall–Kier alpha value is -1.63. The van der Waals surface area contributed by atoms with E-state index in [-0.39, 0.29) is 6.54 Å². The number of nitrogens with zero attached hydrogens (tertiary/aromatic N) is 1. The van der Waals surface area contributed by atoms with E-state index < -0.39 is 30.2 Å². The van der Waals surface area contributed by atoms with Gasteiger partial charge in [0, 0.05) is 7.05 Å². The molecule has 0 aliphatic carbocycles. The van der Waals surface area contributed by atoms with E-state index in [2.05, 4.69) is 0 Å². The zero-order chi connectivity index (χ0) is 11.3. The predicted molar refractivity (Wildman–Crippen MR) is 47.1 cm³/mol. The summed E-state index contributed by atoms with van der Waals surface area (Å²) in [5.74, 6) is -2.46.